The molecule has 1 aliphatic heterocycles. The number of nitrogens with zero attached hydrogens (tertiary/aromatic N) is 1. The number of benzene rings is 3. The van der Waals surface area contributed by atoms with Gasteiger partial charge in [-0.25, -0.2) is 0 Å². The van der Waals surface area contributed by atoms with Gasteiger partial charge in [0.05, 0.1) is 6.54 Å². The zero-order chi connectivity index (χ0) is 18.1. The molecule has 0 radical (unpaired) electrons. The van der Waals surface area contributed by atoms with Crippen molar-refractivity contribution >= 4 is 23.2 Å². The number of hydrogen-bond acceptors (Lipinski definition) is 1. The summed E-state index contributed by atoms with van der Waals surface area (Å²) in [5, 5.41) is 0.715. The number of carbonyl (C=O) groups is 1. The highest BCUT2D eigenvalue weighted by Crippen LogP contribution is 2.32. The van der Waals surface area contributed by atoms with Crippen molar-refractivity contribution in [2.24, 2.45) is 0 Å². The maximum Gasteiger partial charge on any atom is 0.224 e. The van der Waals surface area contributed by atoms with E-state index in [0.717, 1.165) is 24.1 Å². The van der Waals surface area contributed by atoms with Crippen molar-refractivity contribution < 1.29 is 4.79 Å². The minimum atomic E-state index is 0.0477. The molecule has 1 heterocycles. The summed E-state index contributed by atoms with van der Waals surface area (Å²) in [6.07, 6.45) is 1.82. The van der Waals surface area contributed by atoms with Gasteiger partial charge in [-0.1, -0.05) is 54.1 Å². The molecular weight excluding hydrogens is 342 g/mol. The second kappa shape index (κ2) is 6.97. The molecule has 0 aliphatic carbocycles. The van der Waals surface area contributed by atoms with Crippen molar-refractivity contribution in [2.75, 3.05) is 4.90 Å². The Morgan fingerprint density at radius 3 is 2.38 bits per heavy atom. The molecule has 3 heteroatoms. The summed E-state index contributed by atoms with van der Waals surface area (Å²) < 4.78 is 0. The number of amides is 1. The normalized spacial score (nSPS) is 13.4. The van der Waals surface area contributed by atoms with E-state index in [1.54, 1.807) is 6.92 Å². The van der Waals surface area contributed by atoms with E-state index in [0.29, 0.717) is 11.6 Å². The minimum Gasteiger partial charge on any atom is -0.308 e. The van der Waals surface area contributed by atoms with Crippen molar-refractivity contribution in [2.45, 2.75) is 26.3 Å². The van der Waals surface area contributed by atoms with Crippen LogP contribution < -0.4 is 4.90 Å². The lowest BCUT2D eigenvalue weighted by molar-refractivity contribution is -0.116. The summed E-state index contributed by atoms with van der Waals surface area (Å²) in [7, 11) is 0. The van der Waals surface area contributed by atoms with Gasteiger partial charge in [0.2, 0.25) is 5.91 Å². The third-order valence-electron chi connectivity index (χ3n) is 5.02. The first-order valence-corrected chi connectivity index (χ1v) is 9.23. The van der Waals surface area contributed by atoms with Crippen LogP contribution in [0, 0.1) is 0 Å². The quantitative estimate of drug-likeness (QED) is 0.547. The number of anilines is 1. The average Bonchev–Trinajstić information content (AvgIpc) is 2.64. The van der Waals surface area contributed by atoms with Gasteiger partial charge in [0.25, 0.3) is 0 Å². The molecule has 0 saturated carbocycles. The fraction of sp³-hybridized carbons (Fsp3) is 0.174. The van der Waals surface area contributed by atoms with Crippen LogP contribution in [0.3, 0.4) is 0 Å². The van der Waals surface area contributed by atoms with Gasteiger partial charge in [-0.3, -0.25) is 4.79 Å². The van der Waals surface area contributed by atoms with Crippen LogP contribution in [0.2, 0.25) is 5.02 Å². The Morgan fingerprint density at radius 1 is 0.846 bits per heavy atom. The van der Waals surface area contributed by atoms with Crippen molar-refractivity contribution in [1.82, 2.24) is 0 Å². The third kappa shape index (κ3) is 3.25. The molecule has 0 unspecified atom stereocenters. The van der Waals surface area contributed by atoms with E-state index >= 15 is 0 Å². The number of aryl methyl sites for hydroxylation is 2. The highest BCUT2D eigenvalue weighted by atomic mass is 35.5. The first-order chi connectivity index (χ1) is 12.6. The maximum atomic E-state index is 12.4. The zero-order valence-electron chi connectivity index (χ0n) is 14.7. The van der Waals surface area contributed by atoms with Gasteiger partial charge in [0.15, 0.2) is 0 Å². The second-order valence-corrected chi connectivity index (χ2v) is 7.16. The Hall–Kier alpha value is -2.58. The van der Waals surface area contributed by atoms with Crippen LogP contribution in [0.5, 0.6) is 0 Å². The van der Waals surface area contributed by atoms with Crippen LogP contribution in [0.1, 0.15) is 23.6 Å². The number of fused-ring (bicyclic) bond motifs is 2. The number of rotatable bonds is 1. The lowest BCUT2D eigenvalue weighted by Gasteiger charge is -2.28. The van der Waals surface area contributed by atoms with Crippen molar-refractivity contribution in [3.05, 3.63) is 88.4 Å². The Kier molecular flexibility index (Phi) is 4.52. The van der Waals surface area contributed by atoms with Gasteiger partial charge in [-0.05, 0) is 64.9 Å². The van der Waals surface area contributed by atoms with Crippen molar-refractivity contribution in [3.8, 4) is 11.1 Å². The molecule has 0 atom stereocenters. The van der Waals surface area contributed by atoms with Gasteiger partial charge >= 0.3 is 0 Å². The summed E-state index contributed by atoms with van der Waals surface area (Å²) in [4.78, 5) is 14.2. The summed E-state index contributed by atoms with van der Waals surface area (Å²) in [5.41, 5.74) is 6.98. The van der Waals surface area contributed by atoms with Crippen LogP contribution in [0.25, 0.3) is 11.1 Å². The van der Waals surface area contributed by atoms with E-state index in [9.17, 15) is 4.79 Å². The monoisotopic (exact) mass is 361 g/mol. The van der Waals surface area contributed by atoms with Gasteiger partial charge in [0.1, 0.15) is 0 Å². The predicted octanol–water partition coefficient (Wildman–Crippen LogP) is 5.66. The predicted molar refractivity (Wildman–Crippen MR) is 108 cm³/mol. The Bertz CT molecular complexity index is 965. The van der Waals surface area contributed by atoms with Gasteiger partial charge < -0.3 is 4.90 Å². The van der Waals surface area contributed by atoms with E-state index in [4.69, 9.17) is 11.6 Å². The summed E-state index contributed by atoms with van der Waals surface area (Å²) in [6, 6.07) is 22.8. The lowest BCUT2D eigenvalue weighted by atomic mass is 9.92. The fourth-order valence-corrected chi connectivity index (χ4v) is 3.85. The smallest absolute Gasteiger partial charge is 0.224 e. The molecule has 3 aromatic rings. The van der Waals surface area contributed by atoms with E-state index in [1.807, 2.05) is 41.3 Å². The molecule has 26 heavy (non-hydrogen) atoms. The van der Waals surface area contributed by atoms with Crippen LogP contribution in [0.4, 0.5) is 5.69 Å². The molecule has 4 rings (SSSR count). The fourth-order valence-electron chi connectivity index (χ4n) is 3.65. The molecule has 0 spiro atoms. The molecule has 0 saturated heterocycles. The average molecular weight is 362 g/mol. The van der Waals surface area contributed by atoms with Gasteiger partial charge in [0, 0.05) is 17.6 Å². The molecule has 0 fully saturated rings. The van der Waals surface area contributed by atoms with Crippen LogP contribution in [-0.4, -0.2) is 5.91 Å². The highest BCUT2D eigenvalue weighted by Gasteiger charge is 2.21. The molecular formula is C23H20ClNO. The van der Waals surface area contributed by atoms with Gasteiger partial charge in [-0.2, -0.15) is 0 Å². The minimum absolute atomic E-state index is 0.0477. The molecule has 1 aliphatic rings. The summed E-state index contributed by atoms with van der Waals surface area (Å²) in [6.45, 7) is 2.21. The van der Waals surface area contributed by atoms with Crippen molar-refractivity contribution in [1.29, 1.82) is 0 Å². The second-order valence-electron chi connectivity index (χ2n) is 6.73. The van der Waals surface area contributed by atoms with Crippen LogP contribution >= 0.6 is 11.6 Å². The van der Waals surface area contributed by atoms with E-state index < -0.39 is 0 Å². The molecule has 130 valence electrons. The van der Waals surface area contributed by atoms with Crippen LogP contribution in [0.15, 0.2) is 66.7 Å². The number of hydrogen-bond donors (Lipinski definition) is 0. The van der Waals surface area contributed by atoms with Gasteiger partial charge in [-0.15, -0.1) is 0 Å². The standard InChI is InChI=1S/C23H20ClNO/c1-16(26)25-15-21-13-19(17-5-3-2-4-6-17)9-7-18(21)8-10-20-14-22(24)11-12-23(20)25/h2-7,9,11-14H,8,10,15H2,1H3. The molecule has 0 aromatic heterocycles. The molecule has 3 aromatic carbocycles. The Balaban J connectivity index is 1.78. The number of halogens is 1. The SMILES string of the molecule is CC(=O)N1Cc2cc(-c3ccccc3)ccc2CCc2cc(Cl)ccc21. The molecule has 0 N–H and O–H groups in total. The first-order valence-electron chi connectivity index (χ1n) is 8.85. The van der Waals surface area contributed by atoms with Crippen LogP contribution in [-0.2, 0) is 24.2 Å². The lowest BCUT2D eigenvalue weighted by Crippen LogP contribution is -2.30. The summed E-state index contributed by atoms with van der Waals surface area (Å²) >= 11 is 6.18. The Labute approximate surface area is 159 Å². The highest BCUT2D eigenvalue weighted by molar-refractivity contribution is 6.30. The van der Waals surface area contributed by atoms with E-state index in [2.05, 4.69) is 30.3 Å². The Morgan fingerprint density at radius 2 is 1.62 bits per heavy atom. The van der Waals surface area contributed by atoms with Crippen molar-refractivity contribution in [3.63, 3.8) is 0 Å². The third-order valence-corrected chi connectivity index (χ3v) is 5.25. The molecule has 2 nitrogen and oxygen atoms in total. The molecule has 1 amide bonds. The first kappa shape index (κ1) is 16.9. The topological polar surface area (TPSA) is 20.3 Å². The zero-order valence-corrected chi connectivity index (χ0v) is 15.5. The largest absolute Gasteiger partial charge is 0.308 e. The maximum absolute atomic E-state index is 12.4. The van der Waals surface area contributed by atoms with E-state index in [-0.39, 0.29) is 5.91 Å². The molecule has 0 bridgehead atoms. The summed E-state index contributed by atoms with van der Waals surface area (Å²) in [5.74, 6) is 0.0477. The van der Waals surface area contributed by atoms with E-state index in [1.165, 1.54) is 22.3 Å². The number of carbonyl (C=O) groups excluding carboxylic acids is 1.